The Morgan fingerprint density at radius 1 is 1.08 bits per heavy atom. The van der Waals surface area contributed by atoms with E-state index in [1.165, 1.54) is 10.8 Å². The topological polar surface area (TPSA) is 74.7 Å². The van der Waals surface area contributed by atoms with Crippen molar-refractivity contribution < 1.29 is 22.1 Å². The molecule has 3 heterocycles. The number of ether oxygens (including phenoxy) is 1. The number of H-pyrrole nitrogens is 1. The summed E-state index contributed by atoms with van der Waals surface area (Å²) in [6.07, 6.45) is -1.73. The summed E-state index contributed by atoms with van der Waals surface area (Å²) in [6, 6.07) is 1.55. The molecule has 38 heavy (non-hydrogen) atoms. The van der Waals surface area contributed by atoms with E-state index in [9.17, 15) is 4.79 Å². The van der Waals surface area contributed by atoms with E-state index in [4.69, 9.17) is 29.9 Å². The predicted molar refractivity (Wildman–Crippen MR) is 159 cm³/mol. The van der Waals surface area contributed by atoms with Crippen LogP contribution < -0.4 is 5.69 Å². The molecule has 0 unspecified atom stereocenters. The first-order valence-corrected chi connectivity index (χ1v) is 21.5. The zero-order valence-electron chi connectivity index (χ0n) is 24.7. The maximum atomic E-state index is 17.6. The third kappa shape index (κ3) is 5.76. The smallest absolute Gasteiger partial charge is 0.335 e. The minimum absolute atomic E-state index is 0.0121. The molecule has 0 amide bonds. The van der Waals surface area contributed by atoms with Crippen molar-refractivity contribution in [2.45, 2.75) is 121 Å². The number of hydrogen-bond acceptors (Lipinski definition) is 6. The molecule has 2 aliphatic heterocycles. The second kappa shape index (κ2) is 11.2. The Morgan fingerprint density at radius 2 is 1.63 bits per heavy atom. The van der Waals surface area contributed by atoms with Crippen molar-refractivity contribution in [2.24, 2.45) is 0 Å². The maximum Gasteiger partial charge on any atom is 0.335 e. The van der Waals surface area contributed by atoms with E-state index < -0.39 is 55.0 Å². The number of halogens is 1. The van der Waals surface area contributed by atoms with Gasteiger partial charge in [0.1, 0.15) is 24.9 Å². The first kappa shape index (κ1) is 31.6. The van der Waals surface area contributed by atoms with Crippen LogP contribution in [0.2, 0.25) is 41.8 Å². The molecule has 0 spiro atoms. The van der Waals surface area contributed by atoms with E-state index in [-0.39, 0.29) is 33.4 Å². The molecule has 0 radical (unpaired) electrons. The number of rotatable bonds is 5. The molecule has 0 bridgehead atoms. The highest BCUT2D eigenvalue weighted by molar-refractivity contribution is 7.71. The molecule has 2 fully saturated rings. The van der Waals surface area contributed by atoms with Crippen molar-refractivity contribution in [3.8, 4) is 11.5 Å². The van der Waals surface area contributed by atoms with E-state index in [0.717, 1.165) is 0 Å². The van der Waals surface area contributed by atoms with Gasteiger partial charge in [0.2, 0.25) is 5.67 Å². The third-order valence-electron chi connectivity index (χ3n) is 7.47. The molecule has 0 saturated carbocycles. The summed E-state index contributed by atoms with van der Waals surface area (Å²) in [5.74, 6) is 2.94. The molecule has 1 aromatic rings. The van der Waals surface area contributed by atoms with Crippen LogP contribution in [0.3, 0.4) is 0 Å². The molecule has 7 nitrogen and oxygen atoms in total. The molecular weight excluding hydrogens is 556 g/mol. The van der Waals surface area contributed by atoms with Gasteiger partial charge in [0.05, 0.1) is 6.61 Å². The molecule has 2 saturated heterocycles. The van der Waals surface area contributed by atoms with Crippen LogP contribution in [0.1, 0.15) is 61.6 Å². The number of hydrogen-bond donors (Lipinski definition) is 1. The van der Waals surface area contributed by atoms with Crippen molar-refractivity contribution in [1.82, 2.24) is 9.55 Å². The Kier molecular flexibility index (Phi) is 9.28. The lowest BCUT2D eigenvalue weighted by molar-refractivity contribution is -0.0598. The van der Waals surface area contributed by atoms with Crippen LogP contribution in [-0.2, 0) is 17.7 Å². The largest absolute Gasteiger partial charge is 0.414 e. The van der Waals surface area contributed by atoms with Gasteiger partial charge in [0.15, 0.2) is 6.23 Å². The molecule has 12 heteroatoms. The van der Waals surface area contributed by atoms with E-state index in [2.05, 4.69) is 91.5 Å². The highest BCUT2D eigenvalue weighted by Crippen LogP contribution is 2.51. The second-order valence-corrected chi connectivity index (χ2v) is 26.9. The third-order valence-corrected chi connectivity index (χ3v) is 18.8. The van der Waals surface area contributed by atoms with E-state index >= 15 is 4.39 Å². The van der Waals surface area contributed by atoms with Crippen LogP contribution in [0.25, 0.3) is 0 Å². The number of alkyl halides is 1. The Balaban J connectivity index is 2.28. The van der Waals surface area contributed by atoms with Gasteiger partial charge in [-0.3, -0.25) is 9.55 Å². The lowest BCUT2D eigenvalue weighted by Gasteiger charge is -2.51. The summed E-state index contributed by atoms with van der Waals surface area (Å²) in [5.41, 5.74) is 0.632. The Bertz CT molecular complexity index is 1170. The molecule has 1 aromatic heterocycles. The number of fused-ring (bicyclic) bond motifs is 1. The Hall–Kier alpha value is -0.919. The summed E-state index contributed by atoms with van der Waals surface area (Å²) in [6.45, 7) is 23.1. The SMILES string of the molecule is CC(C)[Si]1(C(C)C)OC[C@H]2O[C@@H](n3ccc(=S)[nH]c3=O)[C@@](F)(C#C[Si](C)(C)C)[C@@H]2O[Si](C(C)C)(C(C)C)O1. The first-order valence-electron chi connectivity index (χ1n) is 13.6. The monoisotopic (exact) mass is 600 g/mol. The van der Waals surface area contributed by atoms with Gasteiger partial charge in [-0.1, -0.05) is 93.2 Å². The minimum Gasteiger partial charge on any atom is -0.414 e. The van der Waals surface area contributed by atoms with Crippen LogP contribution in [0.4, 0.5) is 4.39 Å². The van der Waals surface area contributed by atoms with Gasteiger partial charge in [0.25, 0.3) is 0 Å². The van der Waals surface area contributed by atoms with Crippen LogP contribution in [0.15, 0.2) is 17.1 Å². The molecule has 0 aliphatic carbocycles. The van der Waals surface area contributed by atoms with Crippen molar-refractivity contribution in [3.05, 3.63) is 27.4 Å². The van der Waals surface area contributed by atoms with Crippen molar-refractivity contribution in [2.75, 3.05) is 6.61 Å². The van der Waals surface area contributed by atoms with Gasteiger partial charge in [-0.25, -0.2) is 9.18 Å². The Morgan fingerprint density at radius 3 is 2.11 bits per heavy atom. The van der Waals surface area contributed by atoms with Crippen molar-refractivity contribution in [3.63, 3.8) is 0 Å². The average molecular weight is 601 g/mol. The number of nitrogens with zero attached hydrogens (tertiary/aromatic N) is 1. The fraction of sp³-hybridized carbons (Fsp3) is 0.769. The number of aromatic amines is 1. The van der Waals surface area contributed by atoms with Crippen molar-refractivity contribution >= 4 is 37.4 Å². The van der Waals surface area contributed by atoms with E-state index in [0.29, 0.717) is 0 Å². The van der Waals surface area contributed by atoms with E-state index in [1.807, 2.05) is 0 Å². The number of nitrogens with one attached hydrogen (secondary N) is 1. The van der Waals surface area contributed by atoms with Gasteiger partial charge < -0.3 is 17.7 Å². The lowest BCUT2D eigenvalue weighted by Crippen LogP contribution is -2.66. The van der Waals surface area contributed by atoms with Gasteiger partial charge in [-0.05, 0) is 28.2 Å². The fourth-order valence-corrected chi connectivity index (χ4v) is 17.4. The summed E-state index contributed by atoms with van der Waals surface area (Å²) in [7, 11) is -7.98. The van der Waals surface area contributed by atoms with Crippen LogP contribution in [-0.4, -0.2) is 59.2 Å². The zero-order chi connectivity index (χ0) is 28.8. The van der Waals surface area contributed by atoms with Gasteiger partial charge in [0, 0.05) is 6.20 Å². The molecule has 0 aromatic carbocycles. The predicted octanol–water partition coefficient (Wildman–Crippen LogP) is 6.35. The van der Waals surface area contributed by atoms with Gasteiger partial charge in [-0.2, -0.15) is 0 Å². The molecular formula is C26H45FN2O5SSi3. The quantitative estimate of drug-likeness (QED) is 0.241. The molecule has 214 valence electrons. The minimum atomic E-state index is -3.14. The second-order valence-electron chi connectivity index (χ2n) is 12.8. The average Bonchev–Trinajstić information content (AvgIpc) is 3.02. The summed E-state index contributed by atoms with van der Waals surface area (Å²) < 4.78 is 46.5. The summed E-state index contributed by atoms with van der Waals surface area (Å²) >= 11 is 5.11. The maximum absolute atomic E-state index is 17.6. The highest BCUT2D eigenvalue weighted by Gasteiger charge is 2.66. The summed E-state index contributed by atoms with van der Waals surface area (Å²) in [4.78, 5) is 15.5. The first-order chi connectivity index (χ1) is 17.4. The zero-order valence-corrected chi connectivity index (χ0v) is 28.5. The fourth-order valence-electron chi connectivity index (χ4n) is 5.46. The van der Waals surface area contributed by atoms with Crippen LogP contribution in [0.5, 0.6) is 0 Å². The lowest BCUT2D eigenvalue weighted by atomic mass is 9.97. The van der Waals surface area contributed by atoms with Crippen molar-refractivity contribution in [1.29, 1.82) is 0 Å². The molecule has 2 aliphatic rings. The molecule has 3 rings (SSSR count). The van der Waals surface area contributed by atoms with Gasteiger partial charge in [-0.15, -0.1) is 5.54 Å². The molecule has 1 N–H and O–H groups in total. The Labute approximate surface area is 235 Å². The standard InChI is InChI=1S/C26H45FN2O5SSi3/c1-17(2)37(18(3)4)31-16-21-23(33-38(34-37,19(5)6)20(7)8)26(27,13-15-36(9,10)11)24(32-21)29-14-12-22(35)28-25(29)30/h12,14,17-21,23-24H,16H2,1-11H3,(H,28,30,35)/t21-,23-,24-,26-/m1/s1. The number of aromatic nitrogens is 2. The van der Waals surface area contributed by atoms with E-state index in [1.54, 1.807) is 6.07 Å². The summed E-state index contributed by atoms with van der Waals surface area (Å²) in [5, 5.41) is 0. The highest BCUT2D eigenvalue weighted by atomic mass is 32.1. The van der Waals surface area contributed by atoms with Crippen LogP contribution in [0, 0.1) is 16.1 Å². The molecule has 4 atom stereocenters. The van der Waals surface area contributed by atoms with Gasteiger partial charge >= 0.3 is 22.8 Å². The normalized spacial score (nSPS) is 29.2. The van der Waals surface area contributed by atoms with Crippen LogP contribution >= 0.6 is 12.2 Å².